The van der Waals surface area contributed by atoms with Gasteiger partial charge in [-0.25, -0.2) is 26.8 Å². The monoisotopic (exact) mass is 1020 g/mol. The number of fused-ring (bicyclic) bond motifs is 1. The number of allylic oxidation sites excluding steroid dienone is 2. The molecular weight excluding hydrogens is 963 g/mol. The summed E-state index contributed by atoms with van der Waals surface area (Å²) < 4.78 is 100. The molecule has 4 aromatic carbocycles. The van der Waals surface area contributed by atoms with Gasteiger partial charge in [-0.1, -0.05) is 67.4 Å². The summed E-state index contributed by atoms with van der Waals surface area (Å²) >= 11 is 7.71. The van der Waals surface area contributed by atoms with Crippen LogP contribution >= 0.6 is 23.4 Å². The molecule has 3 heterocycles. The van der Waals surface area contributed by atoms with Gasteiger partial charge in [-0.2, -0.15) is 13.2 Å². The minimum Gasteiger partial charge on any atom is -0.380 e. The summed E-state index contributed by atoms with van der Waals surface area (Å²) in [6.45, 7) is 15.0. The van der Waals surface area contributed by atoms with Gasteiger partial charge in [0, 0.05) is 72.1 Å². The van der Waals surface area contributed by atoms with Crippen LogP contribution in [0.3, 0.4) is 0 Å². The lowest BCUT2D eigenvalue weighted by molar-refractivity contribution is -0.0435. The zero-order chi connectivity index (χ0) is 49.0. The van der Waals surface area contributed by atoms with Crippen molar-refractivity contribution in [2.24, 2.45) is 11.3 Å². The molecule has 0 saturated carbocycles. The molecule has 2 aliphatic heterocycles. The molecule has 1 atom stereocenters. The minimum absolute atomic E-state index is 0.103. The van der Waals surface area contributed by atoms with Crippen LogP contribution in [0, 0.1) is 11.3 Å². The van der Waals surface area contributed by atoms with E-state index in [0.717, 1.165) is 106 Å². The zero-order valence-electron chi connectivity index (χ0n) is 38.9. The molecule has 2 N–H and O–H groups in total. The van der Waals surface area contributed by atoms with Crippen LogP contribution in [0.1, 0.15) is 57.9 Å². The van der Waals surface area contributed by atoms with Crippen LogP contribution in [-0.4, -0.2) is 106 Å². The fraction of sp³-hybridized carbons (Fsp3) is 0.412. The molecule has 0 radical (unpaired) electrons. The van der Waals surface area contributed by atoms with Gasteiger partial charge >= 0.3 is 5.51 Å². The first-order valence-corrected chi connectivity index (χ1v) is 27.7. The highest BCUT2D eigenvalue weighted by atomic mass is 35.5. The molecule has 0 spiro atoms. The van der Waals surface area contributed by atoms with E-state index in [9.17, 15) is 30.0 Å². The maximum atomic E-state index is 14.4. The Kier molecular flexibility index (Phi) is 15.7. The first-order chi connectivity index (χ1) is 32.9. The van der Waals surface area contributed by atoms with E-state index in [-0.39, 0.29) is 16.9 Å². The molecular formula is C51H59ClF3N7O4S3. The number of thioether (sulfide) groups is 1. The summed E-state index contributed by atoms with van der Waals surface area (Å²) in [5.41, 5.74) is -0.361. The molecule has 18 heteroatoms. The second-order valence-corrected chi connectivity index (χ2v) is 24.1. The number of anilines is 3. The minimum atomic E-state index is -6.02. The van der Waals surface area contributed by atoms with Gasteiger partial charge in [-0.15, -0.1) is 18.3 Å². The summed E-state index contributed by atoms with van der Waals surface area (Å²) in [6, 6.07) is 25.4. The quantitative estimate of drug-likeness (QED) is 0.0682. The van der Waals surface area contributed by atoms with Crippen molar-refractivity contribution in [1.29, 1.82) is 0 Å². The smallest absolute Gasteiger partial charge is 0.380 e. The van der Waals surface area contributed by atoms with Crippen LogP contribution in [0.15, 0.2) is 130 Å². The molecule has 1 aliphatic carbocycles. The number of alkyl halides is 3. The third kappa shape index (κ3) is 12.5. The van der Waals surface area contributed by atoms with Crippen molar-refractivity contribution in [2.45, 2.75) is 78.6 Å². The van der Waals surface area contributed by atoms with E-state index in [1.807, 2.05) is 60.7 Å². The Balaban J connectivity index is 0.983. The number of likely N-dealkylation sites (tertiary alicyclic amines) is 1. The number of nitrogens with one attached hydrogen (secondary N) is 2. The van der Waals surface area contributed by atoms with Gasteiger partial charge in [0.15, 0.2) is 5.82 Å². The number of sulfonamides is 1. The second-order valence-electron chi connectivity index (χ2n) is 19.0. The largest absolute Gasteiger partial charge is 0.501 e. The molecule has 69 heavy (non-hydrogen) atoms. The van der Waals surface area contributed by atoms with Crippen molar-refractivity contribution in [3.8, 4) is 0 Å². The molecule has 0 amide bonds. The number of hydrogen-bond donors (Lipinski definition) is 2. The number of nitrogens with zero attached hydrogens (tertiary/aromatic N) is 5. The Morgan fingerprint density at radius 3 is 2.32 bits per heavy atom. The molecule has 0 bridgehead atoms. The summed E-state index contributed by atoms with van der Waals surface area (Å²) in [5.74, 6) is 0.734. The number of aromatic nitrogens is 2. The van der Waals surface area contributed by atoms with E-state index in [0.29, 0.717) is 41.6 Å². The Morgan fingerprint density at radius 2 is 1.62 bits per heavy atom. The lowest BCUT2D eigenvalue weighted by Crippen LogP contribution is -2.47. The fourth-order valence-electron chi connectivity index (χ4n) is 9.52. The van der Waals surface area contributed by atoms with Crippen molar-refractivity contribution < 1.29 is 30.0 Å². The molecule has 368 valence electrons. The Morgan fingerprint density at radius 1 is 0.899 bits per heavy atom. The van der Waals surface area contributed by atoms with Crippen molar-refractivity contribution in [2.75, 3.05) is 73.0 Å². The van der Waals surface area contributed by atoms with E-state index < -0.39 is 41.2 Å². The van der Waals surface area contributed by atoms with E-state index in [2.05, 4.69) is 67.3 Å². The third-order valence-electron chi connectivity index (χ3n) is 13.5. The number of hydrogen-bond acceptors (Lipinski definition) is 11. The summed E-state index contributed by atoms with van der Waals surface area (Å²) in [5, 5.41) is 4.17. The first-order valence-electron chi connectivity index (χ1n) is 23.3. The van der Waals surface area contributed by atoms with Crippen LogP contribution in [0.25, 0.3) is 16.5 Å². The Bertz CT molecular complexity index is 2870. The van der Waals surface area contributed by atoms with Crippen molar-refractivity contribution >= 4 is 76.9 Å². The predicted molar refractivity (Wildman–Crippen MR) is 273 cm³/mol. The highest BCUT2D eigenvalue weighted by Crippen LogP contribution is 2.43. The highest BCUT2D eigenvalue weighted by Gasteiger charge is 2.48. The van der Waals surface area contributed by atoms with Gasteiger partial charge in [-0.05, 0) is 135 Å². The average molecular weight is 1020 g/mol. The molecule has 2 saturated heterocycles. The first kappa shape index (κ1) is 50.7. The maximum absolute atomic E-state index is 14.4. The molecule has 0 unspecified atom stereocenters. The summed E-state index contributed by atoms with van der Waals surface area (Å²) in [4.78, 5) is 14.7. The van der Waals surface area contributed by atoms with Crippen LogP contribution in [0.2, 0.25) is 5.02 Å². The summed E-state index contributed by atoms with van der Waals surface area (Å²) in [7, 11) is -10.7. The molecule has 8 rings (SSSR count). The number of piperidine rings is 1. The normalized spacial score (nSPS) is 18.3. The van der Waals surface area contributed by atoms with Gasteiger partial charge in [-0.3, -0.25) is 9.62 Å². The van der Waals surface area contributed by atoms with Crippen LogP contribution in [0.4, 0.5) is 30.4 Å². The van der Waals surface area contributed by atoms with Crippen molar-refractivity contribution in [3.63, 3.8) is 0 Å². The molecule has 2 fully saturated rings. The van der Waals surface area contributed by atoms with Crippen molar-refractivity contribution in [1.82, 2.24) is 19.8 Å². The number of halogens is 4. The van der Waals surface area contributed by atoms with Crippen molar-refractivity contribution in [3.05, 3.63) is 126 Å². The number of piperazine rings is 1. The lowest BCUT2D eigenvalue weighted by atomic mass is 9.73. The standard InChI is InChI=1S/C51H59ClF3N7O4S3/c1-4-36-19-23-60(24-20-36)25-21-40(34-67-42-8-6-5-7-9-42)58-46-17-15-43(31-48(46)68(63,64)51(53,54)55)69(65,66)59-49-45-16-14-41(30-47(45)56-35-57-49)62-28-26-61(27-29-62)33-38-32-50(2,3)22-18-44(38)37-10-12-39(52)13-11-37/h4-17,30-31,35-36,40,58H,1,18-29,32-34H2,2-3H3,(H,56,57,59)/t40-/m1/s1. The zero-order valence-corrected chi connectivity index (χ0v) is 42.1. The SMILES string of the molecule is C=CC1CCN(CC[C@H](CSc2ccccc2)Nc2ccc(S(=O)(=O)Nc3ncnc4cc(N5CCN(CC6=C(c7ccc(Cl)cc7)CCC(C)(C)C6)CC5)ccc34)cc2S(=O)(=O)C(F)(F)F)CC1. The molecule has 1 aromatic heterocycles. The number of sulfone groups is 1. The Hall–Kier alpha value is -4.65. The van der Waals surface area contributed by atoms with Crippen LogP contribution < -0.4 is 14.9 Å². The van der Waals surface area contributed by atoms with E-state index in [1.165, 1.54) is 34.8 Å². The number of rotatable bonds is 17. The van der Waals surface area contributed by atoms with E-state index in [4.69, 9.17) is 11.6 Å². The second kappa shape index (κ2) is 21.4. The van der Waals surface area contributed by atoms with Gasteiger partial charge in [0.25, 0.3) is 19.9 Å². The number of benzene rings is 4. The van der Waals surface area contributed by atoms with E-state index >= 15 is 0 Å². The van der Waals surface area contributed by atoms with Gasteiger partial charge < -0.3 is 15.1 Å². The fourth-order valence-corrected chi connectivity index (χ4v) is 12.7. The van der Waals surface area contributed by atoms with Crippen LogP contribution in [0.5, 0.6) is 0 Å². The van der Waals surface area contributed by atoms with Crippen LogP contribution in [-0.2, 0) is 19.9 Å². The topological polar surface area (TPSA) is 128 Å². The molecule has 11 nitrogen and oxygen atoms in total. The van der Waals surface area contributed by atoms with Gasteiger partial charge in [0.05, 0.1) is 16.1 Å². The summed E-state index contributed by atoms with van der Waals surface area (Å²) in [6.07, 6.45) is 8.76. The van der Waals surface area contributed by atoms with Gasteiger partial charge in [0.1, 0.15) is 11.2 Å². The van der Waals surface area contributed by atoms with E-state index in [1.54, 1.807) is 6.07 Å². The highest BCUT2D eigenvalue weighted by molar-refractivity contribution is 7.99. The maximum Gasteiger partial charge on any atom is 0.501 e. The van der Waals surface area contributed by atoms with Gasteiger partial charge in [0.2, 0.25) is 0 Å². The predicted octanol–water partition coefficient (Wildman–Crippen LogP) is 11.0. The average Bonchev–Trinajstić information content (AvgIpc) is 3.33. The molecule has 5 aromatic rings. The lowest BCUT2D eigenvalue weighted by Gasteiger charge is -2.39. The Labute approximate surface area is 413 Å². The third-order valence-corrected chi connectivity index (χ3v) is 17.8. The molecule has 3 aliphatic rings.